The van der Waals surface area contributed by atoms with Crippen molar-refractivity contribution in [2.24, 2.45) is 5.92 Å². The van der Waals surface area contributed by atoms with Gasteiger partial charge in [-0.3, -0.25) is 0 Å². The topological polar surface area (TPSA) is 87.0 Å². The molecule has 92 valence electrons. The molecule has 1 aliphatic rings. The second-order valence-electron chi connectivity index (χ2n) is 4.34. The highest BCUT2D eigenvalue weighted by molar-refractivity contribution is 5.84. The standard InChI is InChI=1S/C11H18O5/c1-4-11(6(2)3)9(13)7(12)5-8(16-11)10(14)15/h5-7,9,12-13H,4H2,1-3H3,(H,14,15). The van der Waals surface area contributed by atoms with Gasteiger partial charge in [-0.1, -0.05) is 20.8 Å². The molecule has 0 radical (unpaired) electrons. The molecule has 0 fully saturated rings. The van der Waals surface area contributed by atoms with Crippen molar-refractivity contribution in [1.29, 1.82) is 0 Å². The van der Waals surface area contributed by atoms with Gasteiger partial charge in [-0.25, -0.2) is 4.79 Å². The van der Waals surface area contributed by atoms with Crippen molar-refractivity contribution in [3.63, 3.8) is 0 Å². The predicted octanol–water partition coefficient (Wildman–Crippen LogP) is 0.512. The molecule has 0 aromatic heterocycles. The van der Waals surface area contributed by atoms with Crippen molar-refractivity contribution in [3.05, 3.63) is 11.8 Å². The number of aliphatic carboxylic acids is 1. The fraction of sp³-hybridized carbons (Fsp3) is 0.727. The third kappa shape index (κ3) is 1.92. The number of carboxylic acids is 1. The molecular weight excluding hydrogens is 212 g/mol. The molecule has 5 heteroatoms. The first kappa shape index (κ1) is 13.0. The molecule has 5 nitrogen and oxygen atoms in total. The van der Waals surface area contributed by atoms with Gasteiger partial charge in [0.25, 0.3) is 0 Å². The Morgan fingerprint density at radius 2 is 2.12 bits per heavy atom. The second kappa shape index (κ2) is 4.43. The molecule has 1 aliphatic heterocycles. The molecule has 3 N–H and O–H groups in total. The van der Waals surface area contributed by atoms with Crippen molar-refractivity contribution in [2.45, 2.75) is 45.0 Å². The summed E-state index contributed by atoms with van der Waals surface area (Å²) in [6.45, 7) is 5.44. The third-order valence-corrected chi connectivity index (χ3v) is 3.19. The average molecular weight is 230 g/mol. The molecule has 0 saturated heterocycles. The molecule has 0 saturated carbocycles. The van der Waals surface area contributed by atoms with Crippen LogP contribution < -0.4 is 0 Å². The van der Waals surface area contributed by atoms with Gasteiger partial charge in [0.15, 0.2) is 0 Å². The number of carboxylic acid groups (broad SMARTS) is 1. The van der Waals surface area contributed by atoms with Gasteiger partial charge in [-0.15, -0.1) is 0 Å². The Morgan fingerprint density at radius 3 is 2.50 bits per heavy atom. The van der Waals surface area contributed by atoms with Crippen molar-refractivity contribution in [2.75, 3.05) is 0 Å². The quantitative estimate of drug-likeness (QED) is 0.657. The van der Waals surface area contributed by atoms with Gasteiger partial charge in [0.1, 0.15) is 17.8 Å². The fourth-order valence-corrected chi connectivity index (χ4v) is 2.10. The van der Waals surface area contributed by atoms with E-state index in [0.29, 0.717) is 6.42 Å². The zero-order valence-corrected chi connectivity index (χ0v) is 9.67. The Balaban J connectivity index is 3.13. The molecule has 0 amide bonds. The minimum Gasteiger partial charge on any atom is -0.477 e. The molecule has 0 bridgehead atoms. The lowest BCUT2D eigenvalue weighted by atomic mass is 9.78. The minimum atomic E-state index is -1.23. The highest BCUT2D eigenvalue weighted by Gasteiger charge is 2.49. The van der Waals surface area contributed by atoms with Crippen molar-refractivity contribution < 1.29 is 24.9 Å². The average Bonchev–Trinajstić information content (AvgIpc) is 2.21. The van der Waals surface area contributed by atoms with Gasteiger partial charge in [-0.05, 0) is 18.4 Å². The molecule has 0 spiro atoms. The van der Waals surface area contributed by atoms with Crippen LogP contribution in [0.15, 0.2) is 11.8 Å². The zero-order chi connectivity index (χ0) is 12.5. The van der Waals surface area contributed by atoms with Crippen LogP contribution in [0.25, 0.3) is 0 Å². The van der Waals surface area contributed by atoms with Crippen LogP contribution in [0, 0.1) is 5.92 Å². The van der Waals surface area contributed by atoms with Crippen molar-refractivity contribution in [1.82, 2.24) is 0 Å². The van der Waals surface area contributed by atoms with Gasteiger partial charge in [0, 0.05) is 0 Å². The van der Waals surface area contributed by atoms with Gasteiger partial charge >= 0.3 is 5.97 Å². The molecule has 0 aromatic carbocycles. The van der Waals surface area contributed by atoms with E-state index in [1.54, 1.807) is 6.92 Å². The highest BCUT2D eigenvalue weighted by Crippen LogP contribution is 2.37. The lowest BCUT2D eigenvalue weighted by Gasteiger charge is -2.44. The van der Waals surface area contributed by atoms with E-state index in [0.717, 1.165) is 6.08 Å². The highest BCUT2D eigenvalue weighted by atomic mass is 16.5. The summed E-state index contributed by atoms with van der Waals surface area (Å²) >= 11 is 0. The summed E-state index contributed by atoms with van der Waals surface area (Å²) in [5, 5.41) is 28.5. The molecule has 0 aliphatic carbocycles. The van der Waals surface area contributed by atoms with Crippen LogP contribution in [0.3, 0.4) is 0 Å². The Bertz CT molecular complexity index is 309. The van der Waals surface area contributed by atoms with Gasteiger partial charge < -0.3 is 20.1 Å². The number of hydrogen-bond donors (Lipinski definition) is 3. The van der Waals surface area contributed by atoms with E-state index in [9.17, 15) is 15.0 Å². The van der Waals surface area contributed by atoms with Crippen LogP contribution in [0.1, 0.15) is 27.2 Å². The first-order valence-electron chi connectivity index (χ1n) is 5.35. The van der Waals surface area contributed by atoms with Crippen LogP contribution in [0.2, 0.25) is 0 Å². The summed E-state index contributed by atoms with van der Waals surface area (Å²) in [5.74, 6) is -1.64. The second-order valence-corrected chi connectivity index (χ2v) is 4.34. The summed E-state index contributed by atoms with van der Waals surface area (Å²) in [4.78, 5) is 10.8. The van der Waals surface area contributed by atoms with E-state index in [1.165, 1.54) is 0 Å². The van der Waals surface area contributed by atoms with Crippen LogP contribution in [-0.2, 0) is 9.53 Å². The van der Waals surface area contributed by atoms with E-state index in [4.69, 9.17) is 9.84 Å². The molecule has 3 unspecified atom stereocenters. The summed E-state index contributed by atoms with van der Waals surface area (Å²) < 4.78 is 5.38. The number of hydrogen-bond acceptors (Lipinski definition) is 4. The van der Waals surface area contributed by atoms with E-state index in [2.05, 4.69) is 0 Å². The predicted molar refractivity (Wildman–Crippen MR) is 56.7 cm³/mol. The number of rotatable bonds is 3. The van der Waals surface area contributed by atoms with Gasteiger partial charge in [0.2, 0.25) is 5.76 Å². The Hall–Kier alpha value is -1.07. The number of aliphatic hydroxyl groups excluding tert-OH is 2. The number of ether oxygens (including phenoxy) is 1. The Kier molecular flexibility index (Phi) is 3.60. The fourth-order valence-electron chi connectivity index (χ4n) is 2.10. The Morgan fingerprint density at radius 1 is 1.56 bits per heavy atom. The van der Waals surface area contributed by atoms with E-state index < -0.39 is 23.8 Å². The molecule has 1 heterocycles. The SMILES string of the molecule is CCC1(C(C)C)OC(C(=O)O)=CC(O)C1O. The number of carbonyl (C=O) groups is 1. The molecule has 3 atom stereocenters. The largest absolute Gasteiger partial charge is 0.477 e. The van der Waals surface area contributed by atoms with E-state index in [1.807, 2.05) is 13.8 Å². The monoisotopic (exact) mass is 230 g/mol. The lowest BCUT2D eigenvalue weighted by molar-refractivity contribution is -0.178. The van der Waals surface area contributed by atoms with Crippen molar-refractivity contribution >= 4 is 5.97 Å². The smallest absolute Gasteiger partial charge is 0.370 e. The van der Waals surface area contributed by atoms with E-state index in [-0.39, 0.29) is 11.7 Å². The maximum Gasteiger partial charge on any atom is 0.370 e. The van der Waals surface area contributed by atoms with Crippen molar-refractivity contribution in [3.8, 4) is 0 Å². The van der Waals surface area contributed by atoms with Crippen LogP contribution in [-0.4, -0.2) is 39.1 Å². The molecule has 1 rings (SSSR count). The maximum absolute atomic E-state index is 10.8. The van der Waals surface area contributed by atoms with Crippen LogP contribution in [0.5, 0.6) is 0 Å². The summed E-state index contributed by atoms with van der Waals surface area (Å²) in [6.07, 6.45) is -0.862. The third-order valence-electron chi connectivity index (χ3n) is 3.19. The summed E-state index contributed by atoms with van der Waals surface area (Å²) in [5.41, 5.74) is -1.04. The molecular formula is C11H18O5. The first-order chi connectivity index (χ1) is 7.35. The normalized spacial score (nSPS) is 34.5. The van der Waals surface area contributed by atoms with Gasteiger partial charge in [0.05, 0.1) is 0 Å². The lowest BCUT2D eigenvalue weighted by Crippen LogP contribution is -2.56. The molecule has 16 heavy (non-hydrogen) atoms. The molecule has 0 aromatic rings. The maximum atomic E-state index is 10.8. The number of aliphatic hydroxyl groups is 2. The Labute approximate surface area is 94.4 Å². The first-order valence-corrected chi connectivity index (χ1v) is 5.35. The minimum absolute atomic E-state index is 0.106. The summed E-state index contributed by atoms with van der Waals surface area (Å²) in [7, 11) is 0. The summed E-state index contributed by atoms with van der Waals surface area (Å²) in [6, 6.07) is 0. The van der Waals surface area contributed by atoms with Gasteiger partial charge in [-0.2, -0.15) is 0 Å². The zero-order valence-electron chi connectivity index (χ0n) is 9.67. The van der Waals surface area contributed by atoms with Crippen LogP contribution in [0.4, 0.5) is 0 Å². The van der Waals surface area contributed by atoms with Crippen LogP contribution >= 0.6 is 0 Å². The van der Waals surface area contributed by atoms with E-state index >= 15 is 0 Å².